The van der Waals surface area contributed by atoms with Crippen molar-refractivity contribution in [2.24, 2.45) is 5.73 Å². The van der Waals surface area contributed by atoms with Gasteiger partial charge in [0.05, 0.1) is 17.0 Å². The first-order chi connectivity index (χ1) is 12.9. The van der Waals surface area contributed by atoms with Gasteiger partial charge < -0.3 is 15.6 Å². The Morgan fingerprint density at radius 2 is 2.11 bits per heavy atom. The van der Waals surface area contributed by atoms with Crippen LogP contribution in [0.15, 0.2) is 5.16 Å². The lowest BCUT2D eigenvalue weighted by Gasteiger charge is -2.09. The highest BCUT2D eigenvalue weighted by molar-refractivity contribution is 7.99. The number of thioether (sulfide) groups is 1. The number of fused-ring (bicyclic) bond motifs is 1. The molecule has 2 aromatic rings. The number of carbonyl (C=O) groups excluding carboxylic acids is 2. The molecule has 2 heterocycles. The molecule has 3 rings (SSSR count). The first kappa shape index (κ1) is 19.9. The Morgan fingerprint density at radius 1 is 1.33 bits per heavy atom. The lowest BCUT2D eigenvalue weighted by atomic mass is 10.1. The SMILES string of the molecule is CCCCn1c(SCC(=O)Nc2sc3c(c2C(N)=O)CCC3)nc(C)c1C. The molecular weight excluding hydrogens is 380 g/mol. The zero-order valence-electron chi connectivity index (χ0n) is 16.1. The molecule has 0 unspecified atom stereocenters. The second-order valence-electron chi connectivity index (χ2n) is 6.83. The zero-order valence-corrected chi connectivity index (χ0v) is 17.7. The van der Waals surface area contributed by atoms with E-state index in [1.165, 1.54) is 28.0 Å². The number of imidazole rings is 1. The highest BCUT2D eigenvalue weighted by Gasteiger charge is 2.26. The first-order valence-corrected chi connectivity index (χ1v) is 11.1. The molecule has 0 radical (unpaired) electrons. The molecule has 0 spiro atoms. The minimum Gasteiger partial charge on any atom is -0.365 e. The molecule has 3 N–H and O–H groups in total. The molecule has 8 heteroatoms. The van der Waals surface area contributed by atoms with Crippen LogP contribution in [0.2, 0.25) is 0 Å². The van der Waals surface area contributed by atoms with Gasteiger partial charge in [-0.1, -0.05) is 25.1 Å². The molecule has 0 aromatic carbocycles. The zero-order chi connectivity index (χ0) is 19.6. The summed E-state index contributed by atoms with van der Waals surface area (Å²) in [7, 11) is 0. The molecule has 6 nitrogen and oxygen atoms in total. The average Bonchev–Trinajstić information content (AvgIpc) is 3.25. The molecule has 1 aliphatic carbocycles. The van der Waals surface area contributed by atoms with Crippen LogP contribution in [0, 0.1) is 13.8 Å². The number of nitrogens with one attached hydrogen (secondary N) is 1. The monoisotopic (exact) mass is 406 g/mol. The number of aryl methyl sites for hydroxylation is 2. The van der Waals surface area contributed by atoms with Crippen molar-refractivity contribution in [1.29, 1.82) is 0 Å². The molecule has 0 bridgehead atoms. The van der Waals surface area contributed by atoms with Crippen molar-refractivity contribution in [2.45, 2.75) is 64.6 Å². The van der Waals surface area contributed by atoms with Crippen LogP contribution in [0.4, 0.5) is 5.00 Å². The highest BCUT2D eigenvalue weighted by atomic mass is 32.2. The van der Waals surface area contributed by atoms with Crippen LogP contribution >= 0.6 is 23.1 Å². The average molecular weight is 407 g/mol. The quantitative estimate of drug-likeness (QED) is 0.654. The summed E-state index contributed by atoms with van der Waals surface area (Å²) in [4.78, 5) is 30.1. The number of carbonyl (C=O) groups is 2. The van der Waals surface area contributed by atoms with E-state index in [1.807, 2.05) is 6.92 Å². The van der Waals surface area contributed by atoms with E-state index >= 15 is 0 Å². The number of aromatic nitrogens is 2. The van der Waals surface area contributed by atoms with Crippen LogP contribution in [0.3, 0.4) is 0 Å². The maximum absolute atomic E-state index is 12.5. The number of thiophene rings is 1. The second kappa shape index (κ2) is 8.48. The van der Waals surface area contributed by atoms with Crippen LogP contribution in [0.5, 0.6) is 0 Å². The maximum Gasteiger partial charge on any atom is 0.251 e. The van der Waals surface area contributed by atoms with Gasteiger partial charge in [0.1, 0.15) is 5.00 Å². The number of rotatable bonds is 8. The predicted molar refractivity (Wildman–Crippen MR) is 111 cm³/mol. The molecule has 0 saturated carbocycles. The molecule has 0 fully saturated rings. The normalized spacial score (nSPS) is 13.0. The van der Waals surface area contributed by atoms with Crippen molar-refractivity contribution in [1.82, 2.24) is 9.55 Å². The van der Waals surface area contributed by atoms with Gasteiger partial charge in [-0.3, -0.25) is 9.59 Å². The summed E-state index contributed by atoms with van der Waals surface area (Å²) in [6.07, 6.45) is 5.06. The summed E-state index contributed by atoms with van der Waals surface area (Å²) in [6, 6.07) is 0. The third-order valence-corrected chi connectivity index (χ3v) is 7.09. The number of hydrogen-bond donors (Lipinski definition) is 2. The van der Waals surface area contributed by atoms with Crippen LogP contribution < -0.4 is 11.1 Å². The minimum atomic E-state index is -0.460. The molecule has 146 valence electrons. The molecule has 0 saturated heterocycles. The van der Waals surface area contributed by atoms with Gasteiger partial charge in [-0.2, -0.15) is 0 Å². The summed E-state index contributed by atoms with van der Waals surface area (Å²) in [5, 5.41) is 4.37. The number of hydrogen-bond acceptors (Lipinski definition) is 5. The van der Waals surface area contributed by atoms with E-state index in [-0.39, 0.29) is 11.7 Å². The third kappa shape index (κ3) is 4.21. The Hall–Kier alpha value is -1.80. The van der Waals surface area contributed by atoms with E-state index in [4.69, 9.17) is 5.73 Å². The van der Waals surface area contributed by atoms with Gasteiger partial charge in [0.25, 0.3) is 5.91 Å². The Morgan fingerprint density at radius 3 is 2.81 bits per heavy atom. The van der Waals surface area contributed by atoms with Crippen molar-refractivity contribution >= 4 is 39.9 Å². The van der Waals surface area contributed by atoms with E-state index in [2.05, 4.69) is 28.7 Å². The lowest BCUT2D eigenvalue weighted by Crippen LogP contribution is -2.19. The Bertz CT molecular complexity index is 870. The fraction of sp³-hybridized carbons (Fsp3) is 0.526. The van der Waals surface area contributed by atoms with Gasteiger partial charge >= 0.3 is 0 Å². The fourth-order valence-corrected chi connectivity index (χ4v) is 5.59. The number of anilines is 1. The number of amides is 2. The summed E-state index contributed by atoms with van der Waals surface area (Å²) in [6.45, 7) is 7.13. The van der Waals surface area contributed by atoms with Crippen molar-refractivity contribution in [3.05, 3.63) is 27.4 Å². The largest absolute Gasteiger partial charge is 0.365 e. The molecule has 2 amide bonds. The number of nitrogens with zero attached hydrogens (tertiary/aromatic N) is 2. The molecular formula is C19H26N4O2S2. The number of nitrogens with two attached hydrogens (primary N) is 1. The Kier molecular flexibility index (Phi) is 6.26. The second-order valence-corrected chi connectivity index (χ2v) is 8.88. The standard InChI is InChI=1S/C19H26N4O2S2/c1-4-5-9-23-12(3)11(2)21-19(23)26-10-15(24)22-18-16(17(20)25)13-7-6-8-14(13)27-18/h4-10H2,1-3H3,(H2,20,25)(H,22,24). The molecule has 0 atom stereocenters. The Balaban J connectivity index is 1.68. The Labute approximate surface area is 167 Å². The first-order valence-electron chi connectivity index (χ1n) is 9.33. The predicted octanol–water partition coefficient (Wildman–Crippen LogP) is 3.68. The van der Waals surface area contributed by atoms with Gasteiger partial charge in [0.15, 0.2) is 5.16 Å². The van der Waals surface area contributed by atoms with E-state index in [9.17, 15) is 9.59 Å². The summed E-state index contributed by atoms with van der Waals surface area (Å²) >= 11 is 2.92. The van der Waals surface area contributed by atoms with Crippen molar-refractivity contribution < 1.29 is 9.59 Å². The van der Waals surface area contributed by atoms with Crippen LogP contribution in [-0.2, 0) is 24.2 Å². The van der Waals surface area contributed by atoms with Gasteiger partial charge in [-0.25, -0.2) is 4.98 Å². The molecule has 2 aromatic heterocycles. The number of primary amides is 1. The van der Waals surface area contributed by atoms with E-state index in [1.54, 1.807) is 0 Å². The maximum atomic E-state index is 12.5. The van der Waals surface area contributed by atoms with Gasteiger partial charge in [-0.15, -0.1) is 11.3 Å². The number of unbranched alkanes of at least 4 members (excludes halogenated alkanes) is 1. The van der Waals surface area contributed by atoms with Crippen LogP contribution in [-0.4, -0.2) is 27.1 Å². The van der Waals surface area contributed by atoms with Crippen LogP contribution in [0.25, 0.3) is 0 Å². The van der Waals surface area contributed by atoms with Crippen molar-refractivity contribution in [3.8, 4) is 0 Å². The summed E-state index contributed by atoms with van der Waals surface area (Å²) < 4.78 is 2.19. The third-order valence-electron chi connectivity index (χ3n) is 4.91. The minimum absolute atomic E-state index is 0.136. The molecule has 27 heavy (non-hydrogen) atoms. The molecule has 1 aliphatic rings. The van der Waals surface area contributed by atoms with Gasteiger partial charge in [-0.05, 0) is 45.1 Å². The highest BCUT2D eigenvalue weighted by Crippen LogP contribution is 2.39. The van der Waals surface area contributed by atoms with Crippen molar-refractivity contribution in [2.75, 3.05) is 11.1 Å². The lowest BCUT2D eigenvalue weighted by molar-refractivity contribution is -0.113. The van der Waals surface area contributed by atoms with Gasteiger partial charge in [0.2, 0.25) is 5.91 Å². The fourth-order valence-electron chi connectivity index (χ4n) is 3.36. The van der Waals surface area contributed by atoms with Crippen molar-refractivity contribution in [3.63, 3.8) is 0 Å². The van der Waals surface area contributed by atoms with Gasteiger partial charge in [0, 0.05) is 17.1 Å². The summed E-state index contributed by atoms with van der Waals surface area (Å²) in [5.74, 6) is -0.343. The smallest absolute Gasteiger partial charge is 0.251 e. The summed E-state index contributed by atoms with van der Waals surface area (Å²) in [5.41, 5.74) is 9.23. The van der Waals surface area contributed by atoms with Crippen LogP contribution in [0.1, 0.15) is 58.4 Å². The molecule has 0 aliphatic heterocycles. The topological polar surface area (TPSA) is 90.0 Å². The van der Waals surface area contributed by atoms with E-state index in [0.29, 0.717) is 10.6 Å². The van der Waals surface area contributed by atoms with E-state index < -0.39 is 5.91 Å². The van der Waals surface area contributed by atoms with E-state index in [0.717, 1.165) is 60.8 Å².